The second-order valence-electron chi connectivity index (χ2n) is 5.67. The molecule has 2 heterocycles. The van der Waals surface area contributed by atoms with Crippen LogP contribution in [-0.4, -0.2) is 53.6 Å². The predicted molar refractivity (Wildman–Crippen MR) is 79.9 cm³/mol. The van der Waals surface area contributed by atoms with Crippen LogP contribution in [0.1, 0.15) is 17.4 Å². The first-order chi connectivity index (χ1) is 10.6. The molecule has 0 spiro atoms. The maximum atomic E-state index is 13.8. The summed E-state index contributed by atoms with van der Waals surface area (Å²) in [6.45, 7) is 4.31. The lowest BCUT2D eigenvalue weighted by atomic mass is 10.1. The maximum Gasteiger partial charge on any atom is 0.276 e. The highest BCUT2D eigenvalue weighted by molar-refractivity contribution is 5.93. The number of nitrogens with zero attached hydrogens (tertiary/aromatic N) is 3. The third-order valence-corrected chi connectivity index (χ3v) is 3.96. The minimum absolute atomic E-state index is 0.111. The van der Waals surface area contributed by atoms with Gasteiger partial charge in [-0.3, -0.25) is 4.79 Å². The van der Waals surface area contributed by atoms with Crippen molar-refractivity contribution < 1.29 is 13.7 Å². The van der Waals surface area contributed by atoms with Crippen molar-refractivity contribution in [1.29, 1.82) is 0 Å². The molecule has 0 radical (unpaired) electrons. The Kier molecular flexibility index (Phi) is 3.94. The highest BCUT2D eigenvalue weighted by atomic mass is 19.1. The van der Waals surface area contributed by atoms with E-state index in [1.165, 1.54) is 12.1 Å². The molecule has 1 saturated heterocycles. The van der Waals surface area contributed by atoms with E-state index in [1.807, 2.05) is 14.0 Å². The van der Waals surface area contributed by atoms with Gasteiger partial charge in [-0.05, 0) is 26.1 Å². The molecule has 1 aromatic heterocycles. The van der Waals surface area contributed by atoms with Gasteiger partial charge in [-0.25, -0.2) is 4.39 Å². The first-order valence-corrected chi connectivity index (χ1v) is 7.27. The number of hydrogen-bond donors (Lipinski definition) is 0. The first-order valence-electron chi connectivity index (χ1n) is 7.27. The van der Waals surface area contributed by atoms with Gasteiger partial charge in [0, 0.05) is 31.7 Å². The normalized spacial score (nSPS) is 19.4. The van der Waals surface area contributed by atoms with Crippen LogP contribution >= 0.6 is 0 Å². The van der Waals surface area contributed by atoms with Crippen LogP contribution in [0.4, 0.5) is 4.39 Å². The molecule has 0 saturated carbocycles. The molecule has 1 atom stereocenters. The molecule has 0 N–H and O–H groups in total. The van der Waals surface area contributed by atoms with Gasteiger partial charge in [0.2, 0.25) is 0 Å². The number of benzene rings is 1. The molecule has 0 aliphatic carbocycles. The van der Waals surface area contributed by atoms with Crippen molar-refractivity contribution in [3.8, 4) is 11.3 Å². The zero-order chi connectivity index (χ0) is 15.7. The van der Waals surface area contributed by atoms with Gasteiger partial charge >= 0.3 is 0 Å². The van der Waals surface area contributed by atoms with E-state index in [2.05, 4.69) is 10.1 Å². The molecule has 2 aromatic rings. The number of likely N-dealkylation sites (N-methyl/N-ethyl adjacent to an activating group) is 1. The fourth-order valence-electron chi connectivity index (χ4n) is 2.75. The third kappa shape index (κ3) is 2.74. The Morgan fingerprint density at radius 2 is 2.14 bits per heavy atom. The van der Waals surface area contributed by atoms with Crippen molar-refractivity contribution in [2.24, 2.45) is 0 Å². The Balaban J connectivity index is 1.82. The fraction of sp³-hybridized carbons (Fsp3) is 0.375. The van der Waals surface area contributed by atoms with Crippen molar-refractivity contribution >= 4 is 5.91 Å². The predicted octanol–water partition coefficient (Wildman–Crippen LogP) is 2.26. The number of halogens is 1. The lowest BCUT2D eigenvalue weighted by molar-refractivity contribution is 0.0523. The molecule has 0 unspecified atom stereocenters. The zero-order valence-corrected chi connectivity index (χ0v) is 12.6. The molecule has 1 aromatic carbocycles. The van der Waals surface area contributed by atoms with E-state index in [9.17, 15) is 9.18 Å². The quantitative estimate of drug-likeness (QED) is 0.854. The molecule has 1 fully saturated rings. The summed E-state index contributed by atoms with van der Waals surface area (Å²) >= 11 is 0. The molecular formula is C16H18FN3O2. The number of amides is 1. The van der Waals surface area contributed by atoms with Gasteiger partial charge in [-0.2, -0.15) is 0 Å². The molecule has 5 nitrogen and oxygen atoms in total. The summed E-state index contributed by atoms with van der Waals surface area (Å²) in [5.41, 5.74) is 0.523. The summed E-state index contributed by atoms with van der Waals surface area (Å²) in [6, 6.07) is 7.88. The van der Waals surface area contributed by atoms with Crippen LogP contribution in [0, 0.1) is 5.82 Å². The van der Waals surface area contributed by atoms with Crippen LogP contribution in [0.15, 0.2) is 34.9 Å². The van der Waals surface area contributed by atoms with Crippen molar-refractivity contribution in [3.63, 3.8) is 0 Å². The second-order valence-corrected chi connectivity index (χ2v) is 5.67. The van der Waals surface area contributed by atoms with Gasteiger partial charge in [0.05, 0.1) is 5.56 Å². The second kappa shape index (κ2) is 5.88. The minimum Gasteiger partial charge on any atom is -0.355 e. The van der Waals surface area contributed by atoms with Crippen LogP contribution in [0.2, 0.25) is 0 Å². The van der Waals surface area contributed by atoms with Crippen molar-refractivity contribution in [3.05, 3.63) is 41.8 Å². The van der Waals surface area contributed by atoms with Gasteiger partial charge in [-0.15, -0.1) is 0 Å². The standard InChI is InChI=1S/C16H18FN3O2/c1-11-10-19(2)7-8-20(11)16(21)14-9-15(22-18-14)12-5-3-4-6-13(12)17/h3-6,9,11H,7-8,10H2,1-2H3/t11-/m1/s1. The molecule has 116 valence electrons. The van der Waals surface area contributed by atoms with Crippen molar-refractivity contribution in [2.45, 2.75) is 13.0 Å². The summed E-state index contributed by atoms with van der Waals surface area (Å²) in [4.78, 5) is 16.5. The van der Waals surface area contributed by atoms with Crippen molar-refractivity contribution in [1.82, 2.24) is 15.0 Å². The number of aromatic nitrogens is 1. The number of rotatable bonds is 2. The molecule has 6 heteroatoms. The number of piperazine rings is 1. The Morgan fingerprint density at radius 1 is 1.36 bits per heavy atom. The smallest absolute Gasteiger partial charge is 0.276 e. The van der Waals surface area contributed by atoms with Gasteiger partial charge in [-0.1, -0.05) is 17.3 Å². The first kappa shape index (κ1) is 14.7. The van der Waals surface area contributed by atoms with Gasteiger partial charge < -0.3 is 14.3 Å². The van der Waals surface area contributed by atoms with Crippen LogP contribution in [0.5, 0.6) is 0 Å². The fourth-order valence-corrected chi connectivity index (χ4v) is 2.75. The SMILES string of the molecule is C[C@@H]1CN(C)CCN1C(=O)c1cc(-c2ccccc2F)on1. The minimum atomic E-state index is -0.398. The molecule has 22 heavy (non-hydrogen) atoms. The van der Waals surface area contributed by atoms with E-state index in [4.69, 9.17) is 4.52 Å². The number of hydrogen-bond acceptors (Lipinski definition) is 4. The van der Waals surface area contributed by atoms with E-state index in [-0.39, 0.29) is 23.4 Å². The van der Waals surface area contributed by atoms with Crippen LogP contribution in [-0.2, 0) is 0 Å². The summed E-state index contributed by atoms with van der Waals surface area (Å²) < 4.78 is 18.9. The van der Waals surface area contributed by atoms with Crippen molar-refractivity contribution in [2.75, 3.05) is 26.7 Å². The Morgan fingerprint density at radius 3 is 2.86 bits per heavy atom. The largest absolute Gasteiger partial charge is 0.355 e. The van der Waals surface area contributed by atoms with Gasteiger partial charge in [0.1, 0.15) is 5.82 Å². The van der Waals surface area contributed by atoms with E-state index < -0.39 is 5.82 Å². The summed E-state index contributed by atoms with van der Waals surface area (Å²) in [5.74, 6) is -0.305. The lowest BCUT2D eigenvalue weighted by Gasteiger charge is -2.37. The average Bonchev–Trinajstić information content (AvgIpc) is 2.97. The molecule has 1 aliphatic heterocycles. The third-order valence-electron chi connectivity index (χ3n) is 3.96. The van der Waals surface area contributed by atoms with Gasteiger partial charge in [0.25, 0.3) is 5.91 Å². The lowest BCUT2D eigenvalue weighted by Crippen LogP contribution is -2.52. The Labute approximate surface area is 128 Å². The number of carbonyl (C=O) groups is 1. The summed E-state index contributed by atoms with van der Waals surface area (Å²) in [5, 5.41) is 3.82. The molecule has 1 aliphatic rings. The molecule has 3 rings (SSSR count). The van der Waals surface area contributed by atoms with E-state index >= 15 is 0 Å². The van der Waals surface area contributed by atoms with Crippen LogP contribution < -0.4 is 0 Å². The topological polar surface area (TPSA) is 49.6 Å². The highest BCUT2D eigenvalue weighted by Gasteiger charge is 2.28. The zero-order valence-electron chi connectivity index (χ0n) is 12.6. The van der Waals surface area contributed by atoms with E-state index in [0.717, 1.165) is 13.1 Å². The molecular weight excluding hydrogens is 285 g/mol. The maximum absolute atomic E-state index is 13.8. The number of carbonyl (C=O) groups excluding carboxylic acids is 1. The van der Waals surface area contributed by atoms with E-state index in [0.29, 0.717) is 12.1 Å². The van der Waals surface area contributed by atoms with Gasteiger partial charge in [0.15, 0.2) is 11.5 Å². The Hall–Kier alpha value is -2.21. The summed E-state index contributed by atoms with van der Waals surface area (Å²) in [6.07, 6.45) is 0. The van der Waals surface area contributed by atoms with E-state index in [1.54, 1.807) is 23.1 Å². The van der Waals surface area contributed by atoms with Crippen LogP contribution in [0.3, 0.4) is 0 Å². The summed E-state index contributed by atoms with van der Waals surface area (Å²) in [7, 11) is 2.03. The monoisotopic (exact) mass is 303 g/mol. The highest BCUT2D eigenvalue weighted by Crippen LogP contribution is 2.24. The average molecular weight is 303 g/mol. The Bertz CT molecular complexity index is 686. The van der Waals surface area contributed by atoms with Crippen LogP contribution in [0.25, 0.3) is 11.3 Å². The molecule has 0 bridgehead atoms. The molecule has 1 amide bonds.